The number of nitrogens with zero attached hydrogens (tertiary/aromatic N) is 2. The van der Waals surface area contributed by atoms with Gasteiger partial charge in [-0.1, -0.05) is 54.6 Å². The Morgan fingerprint density at radius 3 is 2.13 bits per heavy atom. The van der Waals surface area contributed by atoms with E-state index < -0.39 is 32.3 Å². The molecule has 0 saturated heterocycles. The summed E-state index contributed by atoms with van der Waals surface area (Å²) in [6.45, 7) is 0. The molecule has 0 saturated carbocycles. The monoisotopic (exact) mass is 460 g/mol. The van der Waals surface area contributed by atoms with Crippen molar-refractivity contribution in [3.8, 4) is 5.75 Å². The van der Waals surface area contributed by atoms with Gasteiger partial charge in [-0.15, -0.1) is 10.2 Å². The van der Waals surface area contributed by atoms with E-state index in [9.17, 15) is 28.0 Å². The first-order chi connectivity index (χ1) is 14.3. The van der Waals surface area contributed by atoms with Crippen LogP contribution in [0.4, 0.5) is 11.4 Å². The number of carbonyl (C=O) groups is 1. The summed E-state index contributed by atoms with van der Waals surface area (Å²) in [5, 5.41) is 31.1. The number of hydrogen-bond donors (Lipinski definition) is 1. The smallest absolute Gasteiger partial charge is 0.744 e. The summed E-state index contributed by atoms with van der Waals surface area (Å²) >= 11 is 0. The molecule has 4 aromatic rings. The molecule has 10 heteroatoms. The van der Waals surface area contributed by atoms with E-state index >= 15 is 0 Å². The Morgan fingerprint density at radius 1 is 0.871 bits per heavy atom. The molecule has 4 aromatic carbocycles. The zero-order valence-corrected chi connectivity index (χ0v) is 18.9. The maximum absolute atomic E-state index is 11.9. The molecule has 0 unspecified atom stereocenters. The van der Waals surface area contributed by atoms with Crippen LogP contribution in [0.1, 0.15) is 10.4 Å². The Labute approximate surface area is 206 Å². The predicted octanol–water partition coefficient (Wildman–Crippen LogP) is 3.00. The fourth-order valence-corrected chi connectivity index (χ4v) is 4.07. The van der Waals surface area contributed by atoms with Crippen molar-refractivity contribution in [2.75, 3.05) is 0 Å². The molecule has 31 heavy (non-hydrogen) atoms. The Balaban J connectivity index is 0.00000272. The predicted molar refractivity (Wildman–Crippen MR) is 112 cm³/mol. The minimum atomic E-state index is -4.91. The SMILES string of the molecule is O=C([O-])c1cc2ccccc2c(/N=N/c2ccc3ccccc3c2S(=O)(=O)[O-])c1O.[Ca+2]. The third-order valence-corrected chi connectivity index (χ3v) is 5.51. The van der Waals surface area contributed by atoms with E-state index in [1.165, 1.54) is 18.2 Å². The fraction of sp³-hybridized carbons (Fsp3) is 0. The molecule has 0 amide bonds. The standard InChI is InChI=1S/C21H14N2O6S.Ca/c24-19-16(21(25)26)11-13-6-2-3-7-14(13)18(19)23-22-17-10-9-12-5-1-4-8-15(12)20(17)30(27,28)29;/h1-11,24H,(H,25,26)(H,27,28,29);/q;+2/p-2/b23-22+;. The first-order valence-corrected chi connectivity index (χ1v) is 10.0. The molecule has 0 aliphatic heterocycles. The van der Waals surface area contributed by atoms with E-state index in [1.54, 1.807) is 48.5 Å². The van der Waals surface area contributed by atoms with Gasteiger partial charge in [0.15, 0.2) is 5.75 Å². The second-order valence-corrected chi connectivity index (χ2v) is 7.74. The van der Waals surface area contributed by atoms with Gasteiger partial charge in [0, 0.05) is 16.3 Å². The minimum Gasteiger partial charge on any atom is -0.744 e. The number of azo groups is 1. The summed E-state index contributed by atoms with van der Waals surface area (Å²) in [5.41, 5.74) is -0.904. The molecule has 0 aromatic heterocycles. The van der Waals surface area contributed by atoms with E-state index in [-0.39, 0.29) is 54.5 Å². The van der Waals surface area contributed by atoms with Crippen molar-refractivity contribution in [2.24, 2.45) is 10.2 Å². The maximum atomic E-state index is 11.9. The summed E-state index contributed by atoms with van der Waals surface area (Å²) < 4.78 is 35.7. The van der Waals surface area contributed by atoms with E-state index in [4.69, 9.17) is 0 Å². The number of carboxylic acids is 1. The number of aromatic carboxylic acids is 1. The van der Waals surface area contributed by atoms with Gasteiger partial charge in [-0.25, -0.2) is 8.42 Å². The zero-order valence-electron chi connectivity index (χ0n) is 15.8. The van der Waals surface area contributed by atoms with Crippen LogP contribution in [-0.2, 0) is 10.1 Å². The van der Waals surface area contributed by atoms with E-state index in [2.05, 4.69) is 10.2 Å². The van der Waals surface area contributed by atoms with Crippen molar-refractivity contribution in [3.63, 3.8) is 0 Å². The molecule has 0 spiro atoms. The van der Waals surface area contributed by atoms with E-state index in [1.807, 2.05) is 0 Å². The van der Waals surface area contributed by atoms with Crippen molar-refractivity contribution >= 4 is 86.7 Å². The van der Waals surface area contributed by atoms with Crippen LogP contribution in [0.3, 0.4) is 0 Å². The van der Waals surface area contributed by atoms with Crippen LogP contribution in [-0.4, -0.2) is 61.8 Å². The van der Waals surface area contributed by atoms with Crippen LogP contribution in [0.2, 0.25) is 0 Å². The number of phenols is 1. The third kappa shape index (κ3) is 4.41. The van der Waals surface area contributed by atoms with Crippen molar-refractivity contribution in [1.29, 1.82) is 0 Å². The van der Waals surface area contributed by atoms with Crippen molar-refractivity contribution in [3.05, 3.63) is 72.3 Å². The Bertz CT molecular complexity index is 1470. The number of aromatic hydroxyl groups is 1. The third-order valence-electron chi connectivity index (χ3n) is 4.58. The van der Waals surface area contributed by atoms with Gasteiger partial charge in [0.25, 0.3) is 0 Å². The van der Waals surface area contributed by atoms with Gasteiger partial charge in [-0.3, -0.25) is 0 Å². The number of hydrogen-bond acceptors (Lipinski definition) is 8. The number of benzene rings is 4. The van der Waals surface area contributed by atoms with Gasteiger partial charge < -0.3 is 19.6 Å². The van der Waals surface area contributed by atoms with Crippen LogP contribution < -0.4 is 5.11 Å². The average Bonchev–Trinajstić information content (AvgIpc) is 2.71. The molecular formula is C21H12CaN2O6S. The summed E-state index contributed by atoms with van der Waals surface area (Å²) in [6, 6.07) is 17.1. The van der Waals surface area contributed by atoms with Crippen LogP contribution in [0.25, 0.3) is 21.5 Å². The first-order valence-electron chi connectivity index (χ1n) is 8.63. The summed E-state index contributed by atoms with van der Waals surface area (Å²) in [5.74, 6) is -2.28. The zero-order chi connectivity index (χ0) is 21.5. The molecule has 1 N–H and O–H groups in total. The van der Waals surface area contributed by atoms with Crippen LogP contribution >= 0.6 is 0 Å². The van der Waals surface area contributed by atoms with Crippen molar-refractivity contribution in [1.82, 2.24) is 0 Å². The van der Waals surface area contributed by atoms with Gasteiger partial charge >= 0.3 is 37.7 Å². The van der Waals surface area contributed by atoms with E-state index in [0.717, 1.165) is 0 Å². The van der Waals surface area contributed by atoms with Crippen LogP contribution in [0.15, 0.2) is 81.9 Å². The average molecular weight is 460 g/mol. The Kier molecular flexibility index (Phi) is 6.63. The minimum absolute atomic E-state index is 0. The van der Waals surface area contributed by atoms with Crippen molar-refractivity contribution in [2.45, 2.75) is 4.90 Å². The molecule has 150 valence electrons. The molecule has 0 radical (unpaired) electrons. The molecule has 8 nitrogen and oxygen atoms in total. The largest absolute Gasteiger partial charge is 2.00 e. The quantitative estimate of drug-likeness (QED) is 0.282. The maximum Gasteiger partial charge on any atom is 2.00 e. The van der Waals surface area contributed by atoms with Gasteiger partial charge in [0.2, 0.25) is 0 Å². The Hall–Kier alpha value is -2.56. The summed E-state index contributed by atoms with van der Waals surface area (Å²) in [4.78, 5) is 10.8. The molecule has 0 bridgehead atoms. The number of fused-ring (bicyclic) bond motifs is 2. The summed E-state index contributed by atoms with van der Waals surface area (Å²) in [6.07, 6.45) is 0. The number of carbonyl (C=O) groups excluding carboxylic acids is 1. The molecule has 0 atom stereocenters. The molecular weight excluding hydrogens is 448 g/mol. The summed E-state index contributed by atoms with van der Waals surface area (Å²) in [7, 11) is -4.91. The first kappa shape index (κ1) is 23.1. The Morgan fingerprint density at radius 2 is 1.48 bits per heavy atom. The topological polar surface area (TPSA) is 142 Å². The fourth-order valence-electron chi connectivity index (χ4n) is 3.25. The number of carboxylic acid groups (broad SMARTS) is 1. The van der Waals surface area contributed by atoms with Gasteiger partial charge in [0.05, 0.1) is 10.9 Å². The molecule has 0 heterocycles. The normalized spacial score (nSPS) is 11.6. The molecule has 0 aliphatic rings. The second-order valence-electron chi connectivity index (χ2n) is 6.42. The molecule has 0 fully saturated rings. The molecule has 4 rings (SSSR count). The van der Waals surface area contributed by atoms with Gasteiger partial charge in [0.1, 0.15) is 21.5 Å². The van der Waals surface area contributed by atoms with Gasteiger partial charge in [-0.2, -0.15) is 0 Å². The second kappa shape index (κ2) is 8.89. The van der Waals surface area contributed by atoms with Gasteiger partial charge in [-0.05, 0) is 22.9 Å². The van der Waals surface area contributed by atoms with Crippen LogP contribution in [0, 0.1) is 0 Å². The number of rotatable bonds is 4. The van der Waals surface area contributed by atoms with Crippen molar-refractivity contribution < 1.29 is 28.0 Å². The van der Waals surface area contributed by atoms with Crippen LogP contribution in [0.5, 0.6) is 5.75 Å². The molecule has 0 aliphatic carbocycles. The van der Waals surface area contributed by atoms with E-state index in [0.29, 0.717) is 16.2 Å².